The zero-order valence-corrected chi connectivity index (χ0v) is 17.8. The maximum atomic E-state index is 12.9. The van der Waals surface area contributed by atoms with Gasteiger partial charge >= 0.3 is 6.03 Å². The summed E-state index contributed by atoms with van der Waals surface area (Å²) < 4.78 is 27.2. The number of carbonyl (C=O) groups is 3. The van der Waals surface area contributed by atoms with Crippen molar-refractivity contribution in [2.75, 3.05) is 13.1 Å². The summed E-state index contributed by atoms with van der Waals surface area (Å²) in [5.74, 6) is -1.38. The van der Waals surface area contributed by atoms with Gasteiger partial charge in [0.2, 0.25) is 10.0 Å². The lowest BCUT2D eigenvalue weighted by molar-refractivity contribution is -0.132. The van der Waals surface area contributed by atoms with E-state index < -0.39 is 33.4 Å². The van der Waals surface area contributed by atoms with Crippen LogP contribution in [0.2, 0.25) is 5.02 Å². The van der Waals surface area contributed by atoms with Crippen molar-refractivity contribution in [2.24, 2.45) is 0 Å². The van der Waals surface area contributed by atoms with Crippen LogP contribution < -0.4 is 10.7 Å². The van der Waals surface area contributed by atoms with Gasteiger partial charge in [-0.2, -0.15) is 9.31 Å². The monoisotopic (exact) mass is 442 g/mol. The van der Waals surface area contributed by atoms with Gasteiger partial charge in [-0.25, -0.2) is 13.2 Å². The Labute approximate surface area is 174 Å². The number of piperidine rings is 1. The second-order valence-corrected chi connectivity index (χ2v) is 9.62. The lowest BCUT2D eigenvalue weighted by Gasteiger charge is -2.26. The Kier molecular flexibility index (Phi) is 5.88. The van der Waals surface area contributed by atoms with Crippen molar-refractivity contribution in [3.05, 3.63) is 28.8 Å². The highest BCUT2D eigenvalue weighted by Gasteiger charge is 2.47. The topological polar surface area (TPSA) is 116 Å². The van der Waals surface area contributed by atoms with Gasteiger partial charge in [0.25, 0.3) is 11.8 Å². The fourth-order valence-corrected chi connectivity index (χ4v) is 5.30. The van der Waals surface area contributed by atoms with Crippen LogP contribution in [-0.4, -0.2) is 54.2 Å². The maximum Gasteiger partial charge on any atom is 0.344 e. The van der Waals surface area contributed by atoms with Gasteiger partial charge in [0, 0.05) is 18.7 Å². The predicted octanol–water partition coefficient (Wildman–Crippen LogP) is 1.88. The summed E-state index contributed by atoms with van der Waals surface area (Å²) in [4.78, 5) is 36.9. The van der Waals surface area contributed by atoms with Gasteiger partial charge in [0.05, 0.1) is 5.02 Å². The minimum atomic E-state index is -3.86. The van der Waals surface area contributed by atoms with E-state index in [1.165, 1.54) is 22.5 Å². The van der Waals surface area contributed by atoms with Crippen molar-refractivity contribution in [2.45, 2.75) is 50.0 Å². The average molecular weight is 443 g/mol. The minimum absolute atomic E-state index is 0.000624. The first-order valence-electron chi connectivity index (χ1n) is 9.37. The van der Waals surface area contributed by atoms with E-state index in [1.807, 2.05) is 0 Å². The van der Waals surface area contributed by atoms with Crippen molar-refractivity contribution < 1.29 is 22.8 Å². The fourth-order valence-electron chi connectivity index (χ4n) is 3.28. The molecule has 0 aliphatic carbocycles. The molecule has 0 spiro atoms. The lowest BCUT2D eigenvalue weighted by atomic mass is 10.00. The number of carbonyl (C=O) groups excluding carboxylic acids is 3. The van der Waals surface area contributed by atoms with Crippen LogP contribution in [-0.2, 0) is 14.8 Å². The number of urea groups is 1. The van der Waals surface area contributed by atoms with Crippen LogP contribution in [0.1, 0.15) is 49.9 Å². The third-order valence-corrected chi connectivity index (χ3v) is 7.69. The molecule has 2 aliphatic rings. The SMILES string of the molecule is CCC1(C)NC(=O)N(NC(=O)c2ccc(Cl)c(S(=O)(=O)N3CCCCC3)c2)C1=O. The van der Waals surface area contributed by atoms with E-state index in [-0.39, 0.29) is 15.5 Å². The molecule has 2 fully saturated rings. The molecule has 0 radical (unpaired) electrons. The number of hydrogen-bond donors (Lipinski definition) is 2. The largest absolute Gasteiger partial charge is 0.344 e. The van der Waals surface area contributed by atoms with Gasteiger partial charge in [-0.1, -0.05) is 24.9 Å². The van der Waals surface area contributed by atoms with Crippen LogP contribution in [0.15, 0.2) is 23.1 Å². The number of nitrogens with zero attached hydrogens (tertiary/aromatic N) is 2. The number of rotatable bonds is 5. The smallest absolute Gasteiger partial charge is 0.322 e. The summed E-state index contributed by atoms with van der Waals surface area (Å²) in [6.07, 6.45) is 2.84. The molecule has 1 atom stereocenters. The van der Waals surface area contributed by atoms with E-state index >= 15 is 0 Å². The summed E-state index contributed by atoms with van der Waals surface area (Å²) in [7, 11) is -3.86. The Hall–Kier alpha value is -2.17. The van der Waals surface area contributed by atoms with Gasteiger partial charge < -0.3 is 5.32 Å². The second-order valence-electron chi connectivity index (χ2n) is 7.31. The Balaban J connectivity index is 1.85. The molecule has 158 valence electrons. The fraction of sp³-hybridized carbons (Fsp3) is 0.500. The maximum absolute atomic E-state index is 12.9. The van der Waals surface area contributed by atoms with E-state index in [9.17, 15) is 22.8 Å². The predicted molar refractivity (Wildman–Crippen MR) is 106 cm³/mol. The van der Waals surface area contributed by atoms with E-state index in [4.69, 9.17) is 11.6 Å². The molecule has 1 aromatic rings. The number of nitrogens with one attached hydrogen (secondary N) is 2. The van der Waals surface area contributed by atoms with Gasteiger partial charge in [-0.05, 0) is 44.4 Å². The molecule has 9 nitrogen and oxygen atoms in total. The highest BCUT2D eigenvalue weighted by Crippen LogP contribution is 2.28. The van der Waals surface area contributed by atoms with Crippen molar-refractivity contribution in [1.82, 2.24) is 20.1 Å². The van der Waals surface area contributed by atoms with Crippen molar-refractivity contribution in [1.29, 1.82) is 0 Å². The number of sulfonamides is 1. The molecule has 0 bridgehead atoms. The Morgan fingerprint density at radius 2 is 1.90 bits per heavy atom. The van der Waals surface area contributed by atoms with E-state index in [1.54, 1.807) is 13.8 Å². The lowest BCUT2D eigenvalue weighted by Crippen LogP contribution is -2.48. The molecule has 1 unspecified atom stereocenters. The number of hydrazine groups is 1. The summed E-state index contributed by atoms with van der Waals surface area (Å²) in [6.45, 7) is 4.09. The molecule has 2 aliphatic heterocycles. The number of halogens is 1. The van der Waals surface area contributed by atoms with Crippen LogP contribution in [0.25, 0.3) is 0 Å². The normalized spacial score (nSPS) is 23.2. The van der Waals surface area contributed by atoms with Crippen LogP contribution in [0.4, 0.5) is 4.79 Å². The van der Waals surface area contributed by atoms with E-state index in [0.717, 1.165) is 19.3 Å². The summed E-state index contributed by atoms with van der Waals surface area (Å²) in [5.41, 5.74) is 1.11. The van der Waals surface area contributed by atoms with Gasteiger partial charge in [-0.3, -0.25) is 15.0 Å². The van der Waals surface area contributed by atoms with Crippen LogP contribution in [0.5, 0.6) is 0 Å². The molecule has 2 N–H and O–H groups in total. The molecule has 29 heavy (non-hydrogen) atoms. The second kappa shape index (κ2) is 7.92. The summed E-state index contributed by atoms with van der Waals surface area (Å²) in [6, 6.07) is 3.07. The van der Waals surface area contributed by atoms with E-state index in [0.29, 0.717) is 24.5 Å². The van der Waals surface area contributed by atoms with Crippen molar-refractivity contribution in [3.63, 3.8) is 0 Å². The zero-order valence-electron chi connectivity index (χ0n) is 16.2. The Morgan fingerprint density at radius 1 is 1.24 bits per heavy atom. The minimum Gasteiger partial charge on any atom is -0.322 e. The molecule has 3 rings (SSSR count). The van der Waals surface area contributed by atoms with Crippen LogP contribution in [0.3, 0.4) is 0 Å². The average Bonchev–Trinajstić information content (AvgIpc) is 2.92. The zero-order chi connectivity index (χ0) is 21.4. The first-order chi connectivity index (χ1) is 13.6. The number of benzene rings is 1. The van der Waals surface area contributed by atoms with Gasteiger partial charge in [0.1, 0.15) is 10.4 Å². The Morgan fingerprint density at radius 3 is 2.48 bits per heavy atom. The number of hydrogen-bond acceptors (Lipinski definition) is 5. The highest BCUT2D eigenvalue weighted by molar-refractivity contribution is 7.89. The molecule has 0 saturated carbocycles. The molecule has 4 amide bonds. The quantitative estimate of drug-likeness (QED) is 0.675. The third kappa shape index (κ3) is 3.96. The standard InChI is InChI=1S/C18H23ClN4O5S/c1-3-18(2)16(25)23(17(26)20-18)21-15(24)12-7-8-13(19)14(11-12)29(27,28)22-9-5-4-6-10-22/h7-8,11H,3-6,9-10H2,1-2H3,(H,20,26)(H,21,24). The molecule has 2 saturated heterocycles. The van der Waals surface area contributed by atoms with Gasteiger partial charge in [0.15, 0.2) is 0 Å². The summed E-state index contributed by atoms with van der Waals surface area (Å²) in [5, 5.41) is 3.13. The van der Waals surface area contributed by atoms with E-state index in [2.05, 4.69) is 10.7 Å². The van der Waals surface area contributed by atoms with Crippen molar-refractivity contribution >= 4 is 39.5 Å². The molecule has 11 heteroatoms. The Bertz CT molecular complexity index is 961. The highest BCUT2D eigenvalue weighted by atomic mass is 35.5. The van der Waals surface area contributed by atoms with Gasteiger partial charge in [-0.15, -0.1) is 0 Å². The number of imide groups is 1. The molecule has 2 heterocycles. The molecular formula is C18H23ClN4O5S. The number of amides is 4. The third-order valence-electron chi connectivity index (χ3n) is 5.31. The molecular weight excluding hydrogens is 420 g/mol. The van der Waals surface area contributed by atoms with Crippen molar-refractivity contribution in [3.8, 4) is 0 Å². The summed E-state index contributed by atoms with van der Waals surface area (Å²) >= 11 is 6.11. The first kappa shape index (κ1) is 21.5. The molecule has 0 aromatic heterocycles. The molecule has 1 aromatic carbocycles. The first-order valence-corrected chi connectivity index (χ1v) is 11.2. The van der Waals surface area contributed by atoms with Crippen LogP contribution >= 0.6 is 11.6 Å². The van der Waals surface area contributed by atoms with Crippen LogP contribution in [0, 0.1) is 0 Å².